The van der Waals surface area contributed by atoms with Gasteiger partial charge in [-0.1, -0.05) is 27.2 Å². The molecule has 0 aromatic rings. The predicted molar refractivity (Wildman–Crippen MR) is 85.3 cm³/mol. The Balaban J connectivity index is 1.98. The van der Waals surface area contributed by atoms with Crippen molar-refractivity contribution in [3.05, 3.63) is 0 Å². The Morgan fingerprint density at radius 3 is 2.67 bits per heavy atom. The van der Waals surface area contributed by atoms with Gasteiger partial charge in [0.15, 0.2) is 0 Å². The van der Waals surface area contributed by atoms with Crippen molar-refractivity contribution >= 4 is 5.91 Å². The highest BCUT2D eigenvalue weighted by atomic mass is 16.5. The van der Waals surface area contributed by atoms with Crippen LogP contribution in [0.1, 0.15) is 72.1 Å². The average Bonchev–Trinajstić information content (AvgIpc) is 2.98. The smallest absolute Gasteiger partial charge is 0.240 e. The summed E-state index contributed by atoms with van der Waals surface area (Å²) in [5.41, 5.74) is -0.342. The molecular weight excluding hydrogens is 264 g/mol. The Hall–Kier alpha value is -0.610. The minimum Gasteiger partial charge on any atom is -0.375 e. The summed E-state index contributed by atoms with van der Waals surface area (Å²) in [5.74, 6) is 0.217. The number of carbonyl (C=O) groups excluding carboxylic acids is 1. The lowest BCUT2D eigenvalue weighted by Crippen LogP contribution is -2.58. The Morgan fingerprint density at radius 1 is 1.33 bits per heavy atom. The van der Waals surface area contributed by atoms with Crippen LogP contribution < -0.4 is 10.6 Å². The number of hydrogen-bond donors (Lipinski definition) is 2. The summed E-state index contributed by atoms with van der Waals surface area (Å²) in [5, 5.41) is 6.79. The van der Waals surface area contributed by atoms with Gasteiger partial charge < -0.3 is 15.4 Å². The van der Waals surface area contributed by atoms with E-state index in [2.05, 4.69) is 31.4 Å². The quantitative estimate of drug-likeness (QED) is 0.792. The maximum absolute atomic E-state index is 12.8. The van der Waals surface area contributed by atoms with Gasteiger partial charge in [-0.15, -0.1) is 0 Å². The normalized spacial score (nSPS) is 32.0. The molecule has 0 saturated carbocycles. The van der Waals surface area contributed by atoms with E-state index in [0.29, 0.717) is 0 Å². The fraction of sp³-hybridized carbons (Fsp3) is 0.941. The van der Waals surface area contributed by atoms with Crippen molar-refractivity contribution in [2.75, 3.05) is 13.2 Å². The molecule has 0 bridgehead atoms. The molecule has 2 heterocycles. The second kappa shape index (κ2) is 7.10. The van der Waals surface area contributed by atoms with E-state index in [1.54, 1.807) is 0 Å². The standard InChI is InChI=1S/C17H32N2O2/c1-4-9-17(10-7-11-18-17)15(20)19-14-8-12-21-16(5-2,6-3)13-14/h14,18H,4-13H2,1-3H3,(H,19,20). The van der Waals surface area contributed by atoms with Crippen LogP contribution in [0.25, 0.3) is 0 Å². The lowest BCUT2D eigenvalue weighted by molar-refractivity contribution is -0.132. The van der Waals surface area contributed by atoms with Crippen molar-refractivity contribution < 1.29 is 9.53 Å². The van der Waals surface area contributed by atoms with E-state index in [1.807, 2.05) is 0 Å². The predicted octanol–water partition coefficient (Wildman–Crippen LogP) is 2.76. The molecule has 2 rings (SSSR count). The summed E-state index contributed by atoms with van der Waals surface area (Å²) >= 11 is 0. The summed E-state index contributed by atoms with van der Waals surface area (Å²) in [6.45, 7) is 8.26. The molecular formula is C17H32N2O2. The fourth-order valence-electron chi connectivity index (χ4n) is 3.97. The number of nitrogens with one attached hydrogen (secondary N) is 2. The summed E-state index contributed by atoms with van der Waals surface area (Å²) in [6.07, 6.45) is 8.00. The Bertz CT molecular complexity index is 347. The third kappa shape index (κ3) is 3.59. The van der Waals surface area contributed by atoms with Gasteiger partial charge in [0.05, 0.1) is 11.1 Å². The topological polar surface area (TPSA) is 50.4 Å². The largest absolute Gasteiger partial charge is 0.375 e. The van der Waals surface area contributed by atoms with Crippen molar-refractivity contribution in [2.24, 2.45) is 0 Å². The molecule has 2 unspecified atom stereocenters. The lowest BCUT2D eigenvalue weighted by atomic mass is 9.84. The van der Waals surface area contributed by atoms with Crippen LogP contribution >= 0.6 is 0 Å². The maximum atomic E-state index is 12.8. The van der Waals surface area contributed by atoms with Crippen LogP contribution in [0.2, 0.25) is 0 Å². The van der Waals surface area contributed by atoms with E-state index in [4.69, 9.17) is 4.74 Å². The highest BCUT2D eigenvalue weighted by molar-refractivity contribution is 5.87. The molecule has 0 aromatic heterocycles. The van der Waals surface area contributed by atoms with Crippen molar-refractivity contribution in [1.29, 1.82) is 0 Å². The summed E-state index contributed by atoms with van der Waals surface area (Å²) in [7, 11) is 0. The van der Waals surface area contributed by atoms with Crippen molar-refractivity contribution in [2.45, 2.75) is 89.3 Å². The first kappa shape index (κ1) is 16.8. The van der Waals surface area contributed by atoms with Gasteiger partial charge in [-0.25, -0.2) is 0 Å². The number of rotatable bonds is 6. The molecule has 4 heteroatoms. The van der Waals surface area contributed by atoms with E-state index >= 15 is 0 Å². The third-order valence-corrected chi connectivity index (χ3v) is 5.47. The van der Waals surface area contributed by atoms with E-state index in [1.165, 1.54) is 0 Å². The van der Waals surface area contributed by atoms with Crippen LogP contribution in [0.5, 0.6) is 0 Å². The fourth-order valence-corrected chi connectivity index (χ4v) is 3.97. The first-order valence-corrected chi connectivity index (χ1v) is 8.79. The Labute approximate surface area is 129 Å². The van der Waals surface area contributed by atoms with Crippen LogP contribution in [-0.4, -0.2) is 36.2 Å². The molecule has 21 heavy (non-hydrogen) atoms. The van der Waals surface area contributed by atoms with E-state index in [-0.39, 0.29) is 23.1 Å². The molecule has 0 radical (unpaired) electrons. The van der Waals surface area contributed by atoms with Gasteiger partial charge in [-0.05, 0) is 51.5 Å². The third-order valence-electron chi connectivity index (χ3n) is 5.47. The second-order valence-corrected chi connectivity index (χ2v) is 6.76. The van der Waals surface area contributed by atoms with Crippen molar-refractivity contribution in [3.63, 3.8) is 0 Å². The number of ether oxygens (including phenoxy) is 1. The maximum Gasteiger partial charge on any atom is 0.240 e. The molecule has 2 N–H and O–H groups in total. The summed E-state index contributed by atoms with van der Waals surface area (Å²) < 4.78 is 6.01. The summed E-state index contributed by atoms with van der Waals surface area (Å²) in [6, 6.07) is 0.266. The van der Waals surface area contributed by atoms with Crippen LogP contribution in [0.4, 0.5) is 0 Å². The average molecular weight is 296 g/mol. The van der Waals surface area contributed by atoms with Crippen molar-refractivity contribution in [1.82, 2.24) is 10.6 Å². The molecule has 1 amide bonds. The van der Waals surface area contributed by atoms with Gasteiger partial charge in [0, 0.05) is 12.6 Å². The zero-order valence-electron chi connectivity index (χ0n) is 14.0. The zero-order chi connectivity index (χ0) is 15.3. The van der Waals surface area contributed by atoms with Crippen LogP contribution in [0.15, 0.2) is 0 Å². The van der Waals surface area contributed by atoms with Gasteiger partial charge >= 0.3 is 0 Å². The van der Waals surface area contributed by atoms with Gasteiger partial charge in [-0.3, -0.25) is 4.79 Å². The van der Waals surface area contributed by atoms with Gasteiger partial charge in [0.1, 0.15) is 0 Å². The highest BCUT2D eigenvalue weighted by Gasteiger charge is 2.42. The first-order valence-electron chi connectivity index (χ1n) is 8.79. The molecule has 0 aliphatic carbocycles. The highest BCUT2D eigenvalue weighted by Crippen LogP contribution is 2.32. The van der Waals surface area contributed by atoms with Crippen LogP contribution in [-0.2, 0) is 9.53 Å². The first-order chi connectivity index (χ1) is 10.1. The molecule has 2 saturated heterocycles. The zero-order valence-corrected chi connectivity index (χ0v) is 14.0. The van der Waals surface area contributed by atoms with Gasteiger partial charge in [-0.2, -0.15) is 0 Å². The van der Waals surface area contributed by atoms with Gasteiger partial charge in [0.2, 0.25) is 5.91 Å². The Kier molecular flexibility index (Phi) is 5.67. The molecule has 2 aliphatic heterocycles. The SMILES string of the molecule is CCCC1(C(=O)NC2CCOC(CC)(CC)C2)CCCN1. The molecule has 2 atom stereocenters. The lowest BCUT2D eigenvalue weighted by Gasteiger charge is -2.41. The molecule has 0 spiro atoms. The molecule has 2 aliphatic rings. The van der Waals surface area contributed by atoms with E-state index in [9.17, 15) is 4.79 Å². The molecule has 2 fully saturated rings. The van der Waals surface area contributed by atoms with Crippen LogP contribution in [0.3, 0.4) is 0 Å². The molecule has 4 nitrogen and oxygen atoms in total. The molecule has 122 valence electrons. The van der Waals surface area contributed by atoms with Crippen molar-refractivity contribution in [3.8, 4) is 0 Å². The van der Waals surface area contributed by atoms with Gasteiger partial charge in [0.25, 0.3) is 0 Å². The Morgan fingerprint density at radius 2 is 2.10 bits per heavy atom. The van der Waals surface area contributed by atoms with E-state index < -0.39 is 0 Å². The minimum atomic E-state index is -0.311. The molecule has 0 aromatic carbocycles. The second-order valence-electron chi connectivity index (χ2n) is 6.76. The number of carbonyl (C=O) groups is 1. The summed E-state index contributed by atoms with van der Waals surface area (Å²) in [4.78, 5) is 12.8. The number of amides is 1. The number of hydrogen-bond acceptors (Lipinski definition) is 3. The van der Waals surface area contributed by atoms with Crippen LogP contribution in [0, 0.1) is 0 Å². The minimum absolute atomic E-state index is 0.0305. The van der Waals surface area contributed by atoms with E-state index in [0.717, 1.165) is 64.5 Å². The monoisotopic (exact) mass is 296 g/mol.